The molecule has 0 fully saturated rings. The van der Waals surface area contributed by atoms with Crippen LogP contribution in [-0.2, 0) is 0 Å². The molecule has 1 N–H and O–H groups in total. The van der Waals surface area contributed by atoms with Crippen molar-refractivity contribution in [2.24, 2.45) is 0 Å². The Balaban J connectivity index is 1.67. The maximum Gasteiger partial charge on any atom is 0.263 e. The van der Waals surface area contributed by atoms with Gasteiger partial charge in [-0.1, -0.05) is 18.2 Å². The Kier molecular flexibility index (Phi) is 6.04. The van der Waals surface area contributed by atoms with Gasteiger partial charge in [0, 0.05) is 22.2 Å². The number of benzene rings is 3. The van der Waals surface area contributed by atoms with E-state index in [0.29, 0.717) is 45.2 Å². The van der Waals surface area contributed by atoms with E-state index in [2.05, 4.69) is 5.32 Å². The highest BCUT2D eigenvalue weighted by molar-refractivity contribution is 6.12. The number of methoxy groups -OCH3 is 3. The van der Waals surface area contributed by atoms with Crippen LogP contribution in [0.25, 0.3) is 11.0 Å². The van der Waals surface area contributed by atoms with Crippen molar-refractivity contribution in [2.45, 2.75) is 6.92 Å². The third-order valence-corrected chi connectivity index (χ3v) is 5.39. The zero-order valence-corrected chi connectivity index (χ0v) is 18.7. The van der Waals surface area contributed by atoms with Crippen LogP contribution in [0.2, 0.25) is 0 Å². The summed E-state index contributed by atoms with van der Waals surface area (Å²) in [7, 11) is 4.53. The first-order chi connectivity index (χ1) is 16.0. The first kappa shape index (κ1) is 22.0. The van der Waals surface area contributed by atoms with Gasteiger partial charge in [-0.15, -0.1) is 0 Å². The minimum Gasteiger partial charge on any atom is -0.497 e. The van der Waals surface area contributed by atoms with E-state index in [1.165, 1.54) is 14.2 Å². The number of carbonyl (C=O) groups excluding carboxylic acids is 2. The fourth-order valence-electron chi connectivity index (χ4n) is 3.68. The normalized spacial score (nSPS) is 10.7. The lowest BCUT2D eigenvalue weighted by atomic mass is 10.0. The zero-order valence-electron chi connectivity index (χ0n) is 18.7. The molecule has 4 rings (SSSR count). The predicted octanol–water partition coefficient (Wildman–Crippen LogP) is 5.25. The minimum absolute atomic E-state index is 0.244. The van der Waals surface area contributed by atoms with Gasteiger partial charge < -0.3 is 23.9 Å². The smallest absolute Gasteiger partial charge is 0.263 e. The molecule has 7 heteroatoms. The van der Waals surface area contributed by atoms with E-state index >= 15 is 0 Å². The van der Waals surface area contributed by atoms with Gasteiger partial charge in [-0.3, -0.25) is 9.59 Å². The van der Waals surface area contributed by atoms with Crippen molar-refractivity contribution in [3.63, 3.8) is 0 Å². The minimum atomic E-state index is -0.377. The number of fused-ring (bicyclic) bond motifs is 1. The van der Waals surface area contributed by atoms with Crippen molar-refractivity contribution in [1.82, 2.24) is 0 Å². The van der Waals surface area contributed by atoms with Crippen LogP contribution < -0.4 is 19.5 Å². The predicted molar refractivity (Wildman–Crippen MR) is 125 cm³/mol. The van der Waals surface area contributed by atoms with Crippen molar-refractivity contribution in [2.75, 3.05) is 26.6 Å². The van der Waals surface area contributed by atoms with Crippen LogP contribution in [0, 0.1) is 6.92 Å². The van der Waals surface area contributed by atoms with Gasteiger partial charge in [-0.25, -0.2) is 0 Å². The van der Waals surface area contributed by atoms with E-state index in [1.54, 1.807) is 67.8 Å². The second-order valence-electron chi connectivity index (χ2n) is 7.32. The largest absolute Gasteiger partial charge is 0.497 e. The van der Waals surface area contributed by atoms with Crippen LogP contribution >= 0.6 is 0 Å². The van der Waals surface area contributed by atoms with Crippen molar-refractivity contribution in [3.05, 3.63) is 83.1 Å². The van der Waals surface area contributed by atoms with Gasteiger partial charge in [0.1, 0.15) is 28.4 Å². The second kappa shape index (κ2) is 9.08. The Morgan fingerprint density at radius 3 is 2.21 bits per heavy atom. The summed E-state index contributed by atoms with van der Waals surface area (Å²) >= 11 is 0. The standard InChI is InChI=1S/C26H23NO6/c1-15-19-14-17(27-26(29)23-21(31-3)9-6-10-22(23)32-4)11-12-20(19)33-25(15)24(28)16-7-5-8-18(13-16)30-2/h5-14H,1-4H3,(H,27,29). The van der Waals surface area contributed by atoms with Gasteiger partial charge in [0.2, 0.25) is 5.78 Å². The summed E-state index contributed by atoms with van der Waals surface area (Å²) in [4.78, 5) is 26.0. The number of furan rings is 1. The molecule has 0 saturated heterocycles. The molecule has 4 aromatic rings. The number of hydrogen-bond donors (Lipinski definition) is 1. The Hall–Kier alpha value is -4.26. The fourth-order valence-corrected chi connectivity index (χ4v) is 3.68. The molecule has 7 nitrogen and oxygen atoms in total. The van der Waals surface area contributed by atoms with Gasteiger partial charge in [0.15, 0.2) is 5.76 Å². The van der Waals surface area contributed by atoms with E-state index in [-0.39, 0.29) is 17.5 Å². The maximum atomic E-state index is 13.0. The number of carbonyl (C=O) groups is 2. The molecule has 3 aromatic carbocycles. The lowest BCUT2D eigenvalue weighted by Gasteiger charge is -2.13. The molecule has 0 bridgehead atoms. The summed E-state index contributed by atoms with van der Waals surface area (Å²) in [6, 6.07) is 17.2. The molecule has 168 valence electrons. The van der Waals surface area contributed by atoms with Gasteiger partial charge in [-0.2, -0.15) is 0 Å². The van der Waals surface area contributed by atoms with Crippen LogP contribution in [0.1, 0.15) is 32.0 Å². The first-order valence-corrected chi connectivity index (χ1v) is 10.2. The van der Waals surface area contributed by atoms with Crippen LogP contribution in [0.15, 0.2) is 65.1 Å². The van der Waals surface area contributed by atoms with E-state index in [4.69, 9.17) is 18.6 Å². The molecule has 33 heavy (non-hydrogen) atoms. The SMILES string of the molecule is COc1cccc(C(=O)c2oc3ccc(NC(=O)c4c(OC)cccc4OC)cc3c2C)c1. The highest BCUT2D eigenvalue weighted by Crippen LogP contribution is 2.32. The van der Waals surface area contributed by atoms with Crippen molar-refractivity contribution in [3.8, 4) is 17.2 Å². The first-order valence-electron chi connectivity index (χ1n) is 10.2. The summed E-state index contributed by atoms with van der Waals surface area (Å²) in [5.41, 5.74) is 2.54. The third-order valence-electron chi connectivity index (χ3n) is 5.39. The summed E-state index contributed by atoms with van der Waals surface area (Å²) in [5, 5.41) is 3.60. The Morgan fingerprint density at radius 1 is 0.848 bits per heavy atom. The van der Waals surface area contributed by atoms with Crippen molar-refractivity contribution < 1.29 is 28.2 Å². The third kappa shape index (κ3) is 4.13. The van der Waals surface area contributed by atoms with E-state index < -0.39 is 0 Å². The fraction of sp³-hybridized carbons (Fsp3) is 0.154. The number of amides is 1. The molecular weight excluding hydrogens is 422 g/mol. The zero-order chi connectivity index (χ0) is 23.5. The summed E-state index contributed by atoms with van der Waals surface area (Å²) in [6.45, 7) is 1.81. The molecule has 0 spiro atoms. The second-order valence-corrected chi connectivity index (χ2v) is 7.32. The van der Waals surface area contributed by atoms with Gasteiger partial charge >= 0.3 is 0 Å². The van der Waals surface area contributed by atoms with Crippen LogP contribution in [0.3, 0.4) is 0 Å². The molecule has 0 aliphatic carbocycles. The molecule has 0 atom stereocenters. The Labute approximate surface area is 190 Å². The number of nitrogens with one attached hydrogen (secondary N) is 1. The van der Waals surface area contributed by atoms with Gasteiger partial charge in [0.05, 0.1) is 21.3 Å². The van der Waals surface area contributed by atoms with Crippen LogP contribution in [0.5, 0.6) is 17.2 Å². The van der Waals surface area contributed by atoms with E-state index in [1.807, 2.05) is 6.92 Å². The summed E-state index contributed by atoms with van der Waals surface area (Å²) in [5.74, 6) is 1.01. The average molecular weight is 445 g/mol. The van der Waals surface area contributed by atoms with E-state index in [0.717, 1.165) is 5.39 Å². The van der Waals surface area contributed by atoms with Crippen molar-refractivity contribution >= 4 is 28.3 Å². The van der Waals surface area contributed by atoms with Crippen LogP contribution in [0.4, 0.5) is 5.69 Å². The molecule has 0 radical (unpaired) electrons. The van der Waals surface area contributed by atoms with Gasteiger partial charge in [-0.05, 0) is 49.4 Å². The van der Waals surface area contributed by atoms with Gasteiger partial charge in [0.25, 0.3) is 5.91 Å². The summed E-state index contributed by atoms with van der Waals surface area (Å²) < 4.78 is 21.7. The molecule has 1 aromatic heterocycles. The average Bonchev–Trinajstić information content (AvgIpc) is 3.18. The number of anilines is 1. The number of ether oxygens (including phenoxy) is 3. The molecule has 0 unspecified atom stereocenters. The topological polar surface area (TPSA) is 87.0 Å². The number of aryl methyl sites for hydroxylation is 1. The Morgan fingerprint density at radius 2 is 1.55 bits per heavy atom. The highest BCUT2D eigenvalue weighted by Gasteiger charge is 2.22. The number of hydrogen-bond acceptors (Lipinski definition) is 6. The molecule has 0 saturated carbocycles. The number of ketones is 1. The molecule has 1 heterocycles. The molecule has 0 aliphatic rings. The monoisotopic (exact) mass is 445 g/mol. The number of rotatable bonds is 7. The van der Waals surface area contributed by atoms with Crippen LogP contribution in [-0.4, -0.2) is 33.0 Å². The van der Waals surface area contributed by atoms with Crippen molar-refractivity contribution in [1.29, 1.82) is 0 Å². The highest BCUT2D eigenvalue weighted by atomic mass is 16.5. The Bertz CT molecular complexity index is 1330. The lowest BCUT2D eigenvalue weighted by Crippen LogP contribution is -2.14. The molecule has 1 amide bonds. The maximum absolute atomic E-state index is 13.0. The summed E-state index contributed by atoms with van der Waals surface area (Å²) in [6.07, 6.45) is 0. The molecule has 0 aliphatic heterocycles. The quantitative estimate of drug-likeness (QED) is 0.391. The lowest BCUT2D eigenvalue weighted by molar-refractivity contribution is 0.100. The molecular formula is C26H23NO6. The van der Waals surface area contributed by atoms with E-state index in [9.17, 15) is 9.59 Å².